The van der Waals surface area contributed by atoms with Crippen LogP contribution in [-0.2, 0) is 4.79 Å². The molecule has 1 aromatic rings. The topological polar surface area (TPSA) is 55.6 Å². The van der Waals surface area contributed by atoms with E-state index in [4.69, 9.17) is 10.5 Å². The first-order valence-corrected chi connectivity index (χ1v) is 5.77. The number of nitrogens with zero attached hydrogens (tertiary/aromatic N) is 1. The smallest absolute Gasteiger partial charge is 0.268 e. The van der Waals surface area contributed by atoms with E-state index in [2.05, 4.69) is 0 Å². The quantitative estimate of drug-likeness (QED) is 0.844. The van der Waals surface area contributed by atoms with Gasteiger partial charge in [0.15, 0.2) is 6.10 Å². The number of hydrogen-bond donors (Lipinski definition) is 1. The predicted octanol–water partition coefficient (Wildman–Crippen LogP) is 1.54. The maximum atomic E-state index is 12.2. The Balaban J connectivity index is 2.53. The highest BCUT2D eigenvalue weighted by Gasteiger charge is 2.39. The summed E-state index contributed by atoms with van der Waals surface area (Å²) in [6.07, 6.45) is -0.462. The number of rotatable bonds is 2. The molecular weight excluding hydrogens is 216 g/mol. The van der Waals surface area contributed by atoms with Crippen LogP contribution in [0.1, 0.15) is 20.8 Å². The number of para-hydroxylation sites is 2. The highest BCUT2D eigenvalue weighted by molar-refractivity contribution is 6.01. The fourth-order valence-electron chi connectivity index (χ4n) is 2.00. The molecule has 0 fully saturated rings. The van der Waals surface area contributed by atoms with Gasteiger partial charge in [-0.2, -0.15) is 0 Å². The molecule has 1 unspecified atom stereocenters. The van der Waals surface area contributed by atoms with E-state index in [1.165, 1.54) is 0 Å². The Bertz CT molecular complexity index is 443. The second-order valence-electron chi connectivity index (χ2n) is 4.92. The van der Waals surface area contributed by atoms with Gasteiger partial charge in [0.1, 0.15) is 5.75 Å². The minimum absolute atomic E-state index is 0.0425. The van der Waals surface area contributed by atoms with E-state index in [0.717, 1.165) is 11.4 Å². The van der Waals surface area contributed by atoms with E-state index in [9.17, 15) is 4.79 Å². The molecule has 1 atom stereocenters. The lowest BCUT2D eigenvalue weighted by Gasteiger charge is -2.42. The van der Waals surface area contributed by atoms with Crippen LogP contribution in [0.5, 0.6) is 5.75 Å². The summed E-state index contributed by atoms with van der Waals surface area (Å²) in [6, 6.07) is 7.55. The fraction of sp³-hybridized carbons (Fsp3) is 0.462. The SMILES string of the molecule is CC1Oc2ccccc2N(C(C)(C)CN)C1=O. The second-order valence-corrected chi connectivity index (χ2v) is 4.92. The van der Waals surface area contributed by atoms with Gasteiger partial charge in [0.05, 0.1) is 11.2 Å². The number of hydrogen-bond acceptors (Lipinski definition) is 3. The number of carbonyl (C=O) groups excluding carboxylic acids is 1. The molecule has 1 heterocycles. The number of fused-ring (bicyclic) bond motifs is 1. The number of ether oxygens (including phenoxy) is 1. The third-order valence-electron chi connectivity index (χ3n) is 3.08. The van der Waals surface area contributed by atoms with Crippen molar-refractivity contribution in [3.63, 3.8) is 0 Å². The Morgan fingerprint density at radius 3 is 2.71 bits per heavy atom. The molecule has 0 aliphatic carbocycles. The molecule has 0 saturated heterocycles. The summed E-state index contributed by atoms with van der Waals surface area (Å²) < 4.78 is 5.58. The van der Waals surface area contributed by atoms with Crippen molar-refractivity contribution in [2.45, 2.75) is 32.4 Å². The highest BCUT2D eigenvalue weighted by atomic mass is 16.5. The van der Waals surface area contributed by atoms with Crippen molar-refractivity contribution in [1.82, 2.24) is 0 Å². The van der Waals surface area contributed by atoms with Gasteiger partial charge in [-0.3, -0.25) is 9.69 Å². The second kappa shape index (κ2) is 4.04. The molecule has 0 saturated carbocycles. The maximum absolute atomic E-state index is 12.2. The Labute approximate surface area is 101 Å². The van der Waals surface area contributed by atoms with Crippen molar-refractivity contribution in [2.24, 2.45) is 5.73 Å². The molecule has 1 aliphatic heterocycles. The monoisotopic (exact) mass is 234 g/mol. The van der Waals surface area contributed by atoms with Crippen molar-refractivity contribution < 1.29 is 9.53 Å². The van der Waals surface area contributed by atoms with Crippen molar-refractivity contribution in [3.8, 4) is 5.75 Å². The zero-order valence-corrected chi connectivity index (χ0v) is 10.4. The summed E-state index contributed by atoms with van der Waals surface area (Å²) in [5.41, 5.74) is 6.15. The van der Waals surface area contributed by atoms with Crippen LogP contribution in [0.15, 0.2) is 24.3 Å². The minimum Gasteiger partial charge on any atom is -0.479 e. The lowest BCUT2D eigenvalue weighted by molar-refractivity contribution is -0.126. The largest absolute Gasteiger partial charge is 0.479 e. The van der Waals surface area contributed by atoms with Crippen LogP contribution in [0.2, 0.25) is 0 Å². The predicted molar refractivity (Wildman–Crippen MR) is 67.2 cm³/mol. The van der Waals surface area contributed by atoms with Gasteiger partial charge in [-0.1, -0.05) is 12.1 Å². The molecule has 2 N–H and O–H groups in total. The number of amides is 1. The van der Waals surface area contributed by atoms with E-state index in [-0.39, 0.29) is 5.91 Å². The van der Waals surface area contributed by atoms with Crippen LogP contribution in [0.4, 0.5) is 5.69 Å². The summed E-state index contributed by atoms with van der Waals surface area (Å²) >= 11 is 0. The van der Waals surface area contributed by atoms with Crippen LogP contribution >= 0.6 is 0 Å². The fourth-order valence-corrected chi connectivity index (χ4v) is 2.00. The Kier molecular flexibility index (Phi) is 2.83. The van der Waals surface area contributed by atoms with Gasteiger partial charge in [0.25, 0.3) is 5.91 Å². The molecule has 0 bridgehead atoms. The maximum Gasteiger partial charge on any atom is 0.268 e. The molecular formula is C13H18N2O2. The van der Waals surface area contributed by atoms with Crippen molar-refractivity contribution in [3.05, 3.63) is 24.3 Å². The molecule has 1 aromatic carbocycles. The van der Waals surface area contributed by atoms with Gasteiger partial charge >= 0.3 is 0 Å². The lowest BCUT2D eigenvalue weighted by Crippen LogP contribution is -2.58. The molecule has 1 amide bonds. The first-order chi connectivity index (χ1) is 7.97. The van der Waals surface area contributed by atoms with E-state index >= 15 is 0 Å². The number of nitrogens with two attached hydrogens (primary N) is 1. The van der Waals surface area contributed by atoms with Crippen molar-refractivity contribution in [2.75, 3.05) is 11.4 Å². The zero-order chi connectivity index (χ0) is 12.6. The molecule has 17 heavy (non-hydrogen) atoms. The molecule has 2 rings (SSSR count). The summed E-state index contributed by atoms with van der Waals surface area (Å²) in [5, 5.41) is 0. The van der Waals surface area contributed by atoms with E-state index in [1.807, 2.05) is 38.1 Å². The normalized spacial score (nSPS) is 19.9. The molecule has 1 aliphatic rings. The minimum atomic E-state index is -0.462. The van der Waals surface area contributed by atoms with Gasteiger partial charge < -0.3 is 10.5 Å². The number of benzene rings is 1. The zero-order valence-electron chi connectivity index (χ0n) is 10.4. The molecule has 4 nitrogen and oxygen atoms in total. The van der Waals surface area contributed by atoms with Gasteiger partial charge in [-0.05, 0) is 32.9 Å². The molecule has 4 heteroatoms. The third-order valence-corrected chi connectivity index (χ3v) is 3.08. The van der Waals surface area contributed by atoms with Gasteiger partial charge in [0.2, 0.25) is 0 Å². The first kappa shape index (κ1) is 11.9. The van der Waals surface area contributed by atoms with Crippen molar-refractivity contribution in [1.29, 1.82) is 0 Å². The average molecular weight is 234 g/mol. The summed E-state index contributed by atoms with van der Waals surface area (Å²) in [6.45, 7) is 6.08. The van der Waals surface area contributed by atoms with E-state index in [1.54, 1.807) is 11.8 Å². The highest BCUT2D eigenvalue weighted by Crippen LogP contribution is 2.37. The Morgan fingerprint density at radius 1 is 1.41 bits per heavy atom. The van der Waals surface area contributed by atoms with Crippen LogP contribution in [-0.4, -0.2) is 24.1 Å². The Morgan fingerprint density at radius 2 is 2.06 bits per heavy atom. The van der Waals surface area contributed by atoms with Gasteiger partial charge in [-0.15, -0.1) is 0 Å². The summed E-state index contributed by atoms with van der Waals surface area (Å²) in [5.74, 6) is 0.695. The first-order valence-electron chi connectivity index (χ1n) is 5.77. The standard InChI is InChI=1S/C13H18N2O2/c1-9-12(16)15(13(2,3)8-14)10-6-4-5-7-11(10)17-9/h4-7,9H,8,14H2,1-3H3. The average Bonchev–Trinajstić information content (AvgIpc) is 2.30. The summed E-state index contributed by atoms with van der Waals surface area (Å²) in [7, 11) is 0. The number of carbonyl (C=O) groups is 1. The summed E-state index contributed by atoms with van der Waals surface area (Å²) in [4.78, 5) is 14.0. The van der Waals surface area contributed by atoms with Crippen molar-refractivity contribution >= 4 is 11.6 Å². The molecule has 92 valence electrons. The van der Waals surface area contributed by atoms with Gasteiger partial charge in [0, 0.05) is 6.54 Å². The lowest BCUT2D eigenvalue weighted by atomic mass is 9.99. The molecule has 0 aromatic heterocycles. The van der Waals surface area contributed by atoms with Crippen LogP contribution in [0.25, 0.3) is 0 Å². The number of anilines is 1. The van der Waals surface area contributed by atoms with Crippen LogP contribution in [0, 0.1) is 0 Å². The third kappa shape index (κ3) is 1.89. The molecule has 0 spiro atoms. The van der Waals surface area contributed by atoms with E-state index < -0.39 is 11.6 Å². The van der Waals surface area contributed by atoms with Crippen LogP contribution in [0.3, 0.4) is 0 Å². The Hall–Kier alpha value is -1.55. The van der Waals surface area contributed by atoms with Crippen LogP contribution < -0.4 is 15.4 Å². The van der Waals surface area contributed by atoms with E-state index in [0.29, 0.717) is 6.54 Å². The molecule has 0 radical (unpaired) electrons. The van der Waals surface area contributed by atoms with Gasteiger partial charge in [-0.25, -0.2) is 0 Å².